The third kappa shape index (κ3) is 7.51. The molecule has 0 N–H and O–H groups in total. The number of rotatable bonds is 10. The van der Waals surface area contributed by atoms with Gasteiger partial charge in [-0.25, -0.2) is 14.8 Å². The van der Waals surface area contributed by atoms with Crippen molar-refractivity contribution in [1.29, 1.82) is 0 Å². The van der Waals surface area contributed by atoms with Crippen molar-refractivity contribution in [1.82, 2.24) is 14.9 Å². The summed E-state index contributed by atoms with van der Waals surface area (Å²) in [7, 11) is 1.30. The quantitative estimate of drug-likeness (QED) is 0.311. The monoisotopic (exact) mass is 637 g/mol. The molecule has 248 valence electrons. The SMILES string of the molecule is CCOC(=O)[C@@H]1[C@@H](C(C)(C)C)[C@H](OCc2cc(C(F)(F)F)cnc2OC)[C@H](c2cccnc2OC(C)C)N1C(=O)[C@@H]1CCCO1. The summed E-state index contributed by atoms with van der Waals surface area (Å²) in [5, 5.41) is 0. The Labute approximate surface area is 261 Å². The molecule has 2 aromatic heterocycles. The fourth-order valence-corrected chi connectivity index (χ4v) is 6.15. The number of pyridine rings is 2. The number of esters is 1. The number of ether oxygens (including phenoxy) is 5. The summed E-state index contributed by atoms with van der Waals surface area (Å²) in [6.07, 6.45) is -3.23. The average Bonchev–Trinajstić information content (AvgIpc) is 3.62. The Kier molecular flexibility index (Phi) is 10.6. The molecule has 2 fully saturated rings. The Balaban J connectivity index is 1.91. The molecular formula is C32H42F3N3O7. The first-order valence-corrected chi connectivity index (χ1v) is 15.1. The molecule has 4 rings (SSSR count). The van der Waals surface area contributed by atoms with E-state index in [0.717, 1.165) is 6.07 Å². The Morgan fingerprint density at radius 3 is 2.47 bits per heavy atom. The number of carbonyl (C=O) groups excluding carboxylic acids is 2. The van der Waals surface area contributed by atoms with E-state index in [0.29, 0.717) is 31.2 Å². The minimum atomic E-state index is -4.64. The van der Waals surface area contributed by atoms with Gasteiger partial charge in [-0.2, -0.15) is 13.2 Å². The highest BCUT2D eigenvalue weighted by Gasteiger charge is 2.60. The predicted octanol–water partition coefficient (Wildman–Crippen LogP) is 5.53. The van der Waals surface area contributed by atoms with Crippen LogP contribution in [0.4, 0.5) is 13.2 Å². The van der Waals surface area contributed by atoms with E-state index in [1.807, 2.05) is 34.6 Å². The number of carbonyl (C=O) groups is 2. The number of alkyl halides is 3. The van der Waals surface area contributed by atoms with Crippen molar-refractivity contribution in [2.75, 3.05) is 20.3 Å². The molecule has 0 bridgehead atoms. The van der Waals surface area contributed by atoms with Gasteiger partial charge in [-0.05, 0) is 57.2 Å². The van der Waals surface area contributed by atoms with Crippen molar-refractivity contribution in [3.8, 4) is 11.8 Å². The van der Waals surface area contributed by atoms with Gasteiger partial charge >= 0.3 is 12.1 Å². The number of nitrogens with zero attached hydrogens (tertiary/aromatic N) is 3. The van der Waals surface area contributed by atoms with Crippen molar-refractivity contribution >= 4 is 11.9 Å². The highest BCUT2D eigenvalue weighted by Crippen LogP contribution is 2.52. The molecule has 0 unspecified atom stereocenters. The van der Waals surface area contributed by atoms with Gasteiger partial charge in [0.15, 0.2) is 0 Å². The Morgan fingerprint density at radius 1 is 1.16 bits per heavy atom. The summed E-state index contributed by atoms with van der Waals surface area (Å²) in [4.78, 5) is 38.0. The second-order valence-electron chi connectivity index (χ2n) is 12.5. The number of likely N-dealkylation sites (tertiary alicyclic amines) is 1. The van der Waals surface area contributed by atoms with Gasteiger partial charge in [0, 0.05) is 36.0 Å². The molecule has 0 spiro atoms. The molecule has 2 aromatic rings. The van der Waals surface area contributed by atoms with Gasteiger partial charge in [-0.1, -0.05) is 20.8 Å². The van der Waals surface area contributed by atoms with Crippen molar-refractivity contribution in [2.24, 2.45) is 11.3 Å². The molecule has 2 aliphatic rings. The van der Waals surface area contributed by atoms with Crippen LogP contribution in [0.5, 0.6) is 11.8 Å². The molecule has 13 heteroatoms. The number of methoxy groups -OCH3 is 1. The van der Waals surface area contributed by atoms with Crippen molar-refractivity contribution in [3.05, 3.63) is 47.3 Å². The molecule has 1 amide bonds. The maximum Gasteiger partial charge on any atom is 0.417 e. The van der Waals surface area contributed by atoms with Crippen LogP contribution in [0.25, 0.3) is 0 Å². The smallest absolute Gasteiger partial charge is 0.417 e. The first kappa shape index (κ1) is 34.4. The van der Waals surface area contributed by atoms with E-state index in [4.69, 9.17) is 23.7 Å². The summed E-state index contributed by atoms with van der Waals surface area (Å²) >= 11 is 0. The molecule has 5 atom stereocenters. The fourth-order valence-electron chi connectivity index (χ4n) is 6.15. The van der Waals surface area contributed by atoms with E-state index in [1.54, 1.807) is 25.3 Å². The molecule has 0 aromatic carbocycles. The van der Waals surface area contributed by atoms with Crippen LogP contribution >= 0.6 is 0 Å². The van der Waals surface area contributed by atoms with Gasteiger partial charge in [-0.3, -0.25) is 4.79 Å². The maximum absolute atomic E-state index is 14.4. The zero-order chi connectivity index (χ0) is 33.1. The number of halogens is 3. The summed E-state index contributed by atoms with van der Waals surface area (Å²) < 4.78 is 70.2. The number of hydrogen-bond donors (Lipinski definition) is 0. The molecule has 10 nitrogen and oxygen atoms in total. The Bertz CT molecular complexity index is 1340. The highest BCUT2D eigenvalue weighted by molar-refractivity contribution is 5.89. The van der Waals surface area contributed by atoms with Crippen LogP contribution in [0.1, 0.15) is 77.1 Å². The van der Waals surface area contributed by atoms with Gasteiger partial charge < -0.3 is 28.6 Å². The van der Waals surface area contributed by atoms with Gasteiger partial charge in [-0.15, -0.1) is 0 Å². The largest absolute Gasteiger partial charge is 0.481 e. The lowest BCUT2D eigenvalue weighted by Gasteiger charge is -2.35. The van der Waals surface area contributed by atoms with E-state index in [2.05, 4.69) is 9.97 Å². The standard InChI is InChI=1S/C32H42F3N3O7/c1-8-42-30(40)25-23(31(4,5)6)26(44-17-19-15-20(32(33,34)35)16-37-27(19)41-7)24(38(25)29(39)22-12-10-14-43-22)21-11-9-13-36-28(21)45-18(2)3/h9,11,13,15-16,18,22-26H,8,10,12,14,17H2,1-7H3/t22-,23+,24-,25-,26-/m0/s1. The lowest BCUT2D eigenvalue weighted by Crippen LogP contribution is -2.50. The normalized spacial score (nSPS) is 23.8. The van der Waals surface area contributed by atoms with Crippen LogP contribution in [0.2, 0.25) is 0 Å². The third-order valence-electron chi connectivity index (χ3n) is 7.94. The van der Waals surface area contributed by atoms with Crippen LogP contribution in [-0.2, 0) is 36.6 Å². The fraction of sp³-hybridized carbons (Fsp3) is 0.625. The van der Waals surface area contributed by atoms with Crippen molar-refractivity contribution in [3.63, 3.8) is 0 Å². The molecular weight excluding hydrogens is 595 g/mol. The number of amides is 1. The highest BCUT2D eigenvalue weighted by atomic mass is 19.4. The topological polar surface area (TPSA) is 109 Å². The summed E-state index contributed by atoms with van der Waals surface area (Å²) in [6.45, 7) is 11.2. The van der Waals surface area contributed by atoms with Gasteiger partial charge in [0.1, 0.15) is 12.1 Å². The van der Waals surface area contributed by atoms with Gasteiger partial charge in [0.2, 0.25) is 11.8 Å². The minimum Gasteiger partial charge on any atom is -0.481 e. The van der Waals surface area contributed by atoms with Crippen molar-refractivity contribution < 1.29 is 46.4 Å². The lowest BCUT2D eigenvalue weighted by atomic mass is 9.73. The second kappa shape index (κ2) is 13.9. The van der Waals surface area contributed by atoms with E-state index in [-0.39, 0.29) is 36.6 Å². The summed E-state index contributed by atoms with van der Waals surface area (Å²) in [5.41, 5.74) is -1.09. The zero-order valence-electron chi connectivity index (χ0n) is 26.7. The van der Waals surface area contributed by atoms with Crippen LogP contribution < -0.4 is 9.47 Å². The van der Waals surface area contributed by atoms with E-state index >= 15 is 0 Å². The third-order valence-corrected chi connectivity index (χ3v) is 7.94. The Morgan fingerprint density at radius 2 is 1.89 bits per heavy atom. The molecule has 4 heterocycles. The van der Waals surface area contributed by atoms with Gasteiger partial charge in [0.25, 0.3) is 5.91 Å². The number of aromatic nitrogens is 2. The van der Waals surface area contributed by atoms with Crippen LogP contribution in [0.15, 0.2) is 30.6 Å². The average molecular weight is 638 g/mol. The molecule has 0 saturated carbocycles. The van der Waals surface area contributed by atoms with E-state index < -0.39 is 59.2 Å². The molecule has 0 radical (unpaired) electrons. The molecule has 0 aliphatic carbocycles. The minimum absolute atomic E-state index is 0.0377. The predicted molar refractivity (Wildman–Crippen MR) is 156 cm³/mol. The molecule has 2 aliphatic heterocycles. The van der Waals surface area contributed by atoms with E-state index in [9.17, 15) is 22.8 Å². The lowest BCUT2D eigenvalue weighted by molar-refractivity contribution is -0.160. The summed E-state index contributed by atoms with van der Waals surface area (Å²) in [5.74, 6) is -1.50. The zero-order valence-corrected chi connectivity index (χ0v) is 26.7. The first-order valence-electron chi connectivity index (χ1n) is 15.1. The number of hydrogen-bond acceptors (Lipinski definition) is 9. The maximum atomic E-state index is 14.4. The van der Waals surface area contributed by atoms with Crippen LogP contribution in [0, 0.1) is 11.3 Å². The first-order chi connectivity index (χ1) is 21.2. The van der Waals surface area contributed by atoms with Crippen LogP contribution in [-0.4, -0.2) is 71.4 Å². The van der Waals surface area contributed by atoms with Gasteiger partial charge in [0.05, 0.1) is 44.1 Å². The van der Waals surface area contributed by atoms with Crippen LogP contribution in [0.3, 0.4) is 0 Å². The van der Waals surface area contributed by atoms with Crippen molar-refractivity contribution in [2.45, 2.75) is 97.6 Å². The molecule has 45 heavy (non-hydrogen) atoms. The Hall–Kier alpha value is -3.45. The second-order valence-corrected chi connectivity index (χ2v) is 12.5. The molecule has 2 saturated heterocycles. The van der Waals surface area contributed by atoms with E-state index in [1.165, 1.54) is 12.0 Å². The summed E-state index contributed by atoms with van der Waals surface area (Å²) in [6, 6.07) is 2.33.